The minimum Gasteiger partial charge on any atom is -0.481 e. The predicted octanol–water partition coefficient (Wildman–Crippen LogP) is 0.589. The van der Waals surface area contributed by atoms with E-state index < -0.39 is 11.9 Å². The first kappa shape index (κ1) is 12.7. The van der Waals surface area contributed by atoms with Crippen LogP contribution in [-0.2, 0) is 9.59 Å². The molecule has 1 rings (SSSR count). The van der Waals surface area contributed by atoms with Gasteiger partial charge in [0.15, 0.2) is 0 Å². The van der Waals surface area contributed by atoms with Gasteiger partial charge in [0.05, 0.1) is 6.42 Å². The van der Waals surface area contributed by atoms with E-state index in [1.54, 1.807) is 0 Å². The summed E-state index contributed by atoms with van der Waals surface area (Å²) >= 11 is 0. The molecule has 0 spiro atoms. The lowest BCUT2D eigenvalue weighted by Gasteiger charge is -2.04. The molecule has 90 valence electrons. The number of amides is 2. The van der Waals surface area contributed by atoms with Gasteiger partial charge in [0.25, 0.3) is 0 Å². The van der Waals surface area contributed by atoms with Crippen LogP contribution in [0.5, 0.6) is 0 Å². The maximum absolute atomic E-state index is 11.3. The molecular formula is C11H12N2O4. The first-order valence-electron chi connectivity index (χ1n) is 4.90. The van der Waals surface area contributed by atoms with Crippen LogP contribution in [0.3, 0.4) is 0 Å². The van der Waals surface area contributed by atoms with E-state index in [9.17, 15) is 14.4 Å². The highest BCUT2D eigenvalue weighted by atomic mass is 16.4. The second kappa shape index (κ2) is 5.64. The molecule has 6 nitrogen and oxygen atoms in total. The molecule has 0 radical (unpaired) electrons. The first-order valence-corrected chi connectivity index (χ1v) is 4.90. The van der Waals surface area contributed by atoms with Gasteiger partial charge < -0.3 is 16.2 Å². The average molecular weight is 236 g/mol. The van der Waals surface area contributed by atoms with Crippen molar-refractivity contribution < 1.29 is 19.5 Å². The molecule has 6 heteroatoms. The molecule has 0 aliphatic rings. The molecule has 4 N–H and O–H groups in total. The molecule has 0 aromatic heterocycles. The van der Waals surface area contributed by atoms with Gasteiger partial charge in [-0.25, -0.2) is 0 Å². The highest BCUT2D eigenvalue weighted by molar-refractivity contribution is 5.95. The number of hydrogen-bond donors (Lipinski definition) is 3. The van der Waals surface area contributed by atoms with Crippen molar-refractivity contribution in [2.75, 3.05) is 5.32 Å². The molecule has 0 unspecified atom stereocenters. The number of carboxylic acid groups (broad SMARTS) is 1. The summed E-state index contributed by atoms with van der Waals surface area (Å²) in [5.41, 5.74) is 5.89. The molecule has 0 aliphatic heterocycles. The van der Waals surface area contributed by atoms with E-state index in [1.165, 1.54) is 24.3 Å². The summed E-state index contributed by atoms with van der Waals surface area (Å²) in [6, 6.07) is 6.02. The Morgan fingerprint density at radius 2 is 1.71 bits per heavy atom. The Morgan fingerprint density at radius 1 is 1.12 bits per heavy atom. The Kier molecular flexibility index (Phi) is 4.21. The third kappa shape index (κ3) is 4.33. The minimum atomic E-state index is -1.02. The van der Waals surface area contributed by atoms with E-state index in [2.05, 4.69) is 5.32 Å². The van der Waals surface area contributed by atoms with Crippen molar-refractivity contribution in [3.05, 3.63) is 29.8 Å². The van der Waals surface area contributed by atoms with Crippen molar-refractivity contribution in [3.8, 4) is 0 Å². The maximum Gasteiger partial charge on any atom is 0.303 e. The zero-order valence-corrected chi connectivity index (χ0v) is 8.97. The quantitative estimate of drug-likeness (QED) is 0.694. The molecule has 1 aromatic rings. The van der Waals surface area contributed by atoms with Crippen LogP contribution in [-0.4, -0.2) is 22.9 Å². The zero-order valence-electron chi connectivity index (χ0n) is 8.97. The number of nitrogens with one attached hydrogen (secondary N) is 1. The lowest BCUT2D eigenvalue weighted by Crippen LogP contribution is -2.14. The fourth-order valence-electron chi connectivity index (χ4n) is 1.16. The van der Waals surface area contributed by atoms with Gasteiger partial charge in [-0.15, -0.1) is 0 Å². The van der Waals surface area contributed by atoms with Crippen molar-refractivity contribution in [1.29, 1.82) is 0 Å². The van der Waals surface area contributed by atoms with Gasteiger partial charge in [-0.2, -0.15) is 0 Å². The van der Waals surface area contributed by atoms with Crippen LogP contribution >= 0.6 is 0 Å². The van der Waals surface area contributed by atoms with Crippen molar-refractivity contribution in [2.45, 2.75) is 12.8 Å². The molecule has 0 bridgehead atoms. The Labute approximate surface area is 97.4 Å². The summed E-state index contributed by atoms with van der Waals surface area (Å²) in [5.74, 6) is -1.96. The van der Waals surface area contributed by atoms with Crippen molar-refractivity contribution in [3.63, 3.8) is 0 Å². The predicted molar refractivity (Wildman–Crippen MR) is 60.5 cm³/mol. The number of carboxylic acids is 1. The van der Waals surface area contributed by atoms with Crippen LogP contribution < -0.4 is 11.1 Å². The third-order valence-corrected chi connectivity index (χ3v) is 2.02. The molecule has 0 saturated carbocycles. The largest absolute Gasteiger partial charge is 0.481 e. The van der Waals surface area contributed by atoms with Crippen LogP contribution in [0, 0.1) is 0 Å². The number of nitrogens with two attached hydrogens (primary N) is 1. The number of aliphatic carboxylic acids is 1. The van der Waals surface area contributed by atoms with Gasteiger partial charge in [0, 0.05) is 17.7 Å². The molecule has 0 saturated heterocycles. The van der Waals surface area contributed by atoms with E-state index in [1.807, 2.05) is 0 Å². The van der Waals surface area contributed by atoms with Gasteiger partial charge >= 0.3 is 5.97 Å². The van der Waals surface area contributed by atoms with Gasteiger partial charge in [0.1, 0.15) is 0 Å². The normalized spacial score (nSPS) is 9.65. The van der Waals surface area contributed by atoms with Crippen LogP contribution in [0.2, 0.25) is 0 Å². The average Bonchev–Trinajstić information content (AvgIpc) is 2.27. The number of benzene rings is 1. The van der Waals surface area contributed by atoms with Gasteiger partial charge in [-0.05, 0) is 24.3 Å². The van der Waals surface area contributed by atoms with E-state index in [4.69, 9.17) is 10.8 Å². The SMILES string of the molecule is NC(=O)c1ccc(NC(=O)CCC(=O)O)cc1. The minimum absolute atomic E-state index is 0.0904. The monoisotopic (exact) mass is 236 g/mol. The summed E-state index contributed by atoms with van der Waals surface area (Å²) in [6.45, 7) is 0. The molecular weight excluding hydrogens is 224 g/mol. The molecule has 0 atom stereocenters. The molecule has 17 heavy (non-hydrogen) atoms. The highest BCUT2D eigenvalue weighted by Crippen LogP contribution is 2.09. The molecule has 0 heterocycles. The molecule has 1 aromatic carbocycles. The molecule has 0 fully saturated rings. The van der Waals surface area contributed by atoms with Crippen molar-refractivity contribution in [2.24, 2.45) is 5.73 Å². The number of anilines is 1. The second-order valence-electron chi connectivity index (χ2n) is 3.38. The summed E-state index contributed by atoms with van der Waals surface area (Å²) in [6.07, 6.45) is -0.307. The fourth-order valence-corrected chi connectivity index (χ4v) is 1.16. The summed E-state index contributed by atoms with van der Waals surface area (Å²) in [7, 11) is 0. The second-order valence-corrected chi connectivity index (χ2v) is 3.38. The number of rotatable bonds is 5. The fraction of sp³-hybridized carbons (Fsp3) is 0.182. The summed E-state index contributed by atoms with van der Waals surface area (Å²) < 4.78 is 0. The van der Waals surface area contributed by atoms with Gasteiger partial charge in [0.2, 0.25) is 11.8 Å². The van der Waals surface area contributed by atoms with Crippen LogP contribution in [0.1, 0.15) is 23.2 Å². The Morgan fingerprint density at radius 3 is 2.18 bits per heavy atom. The van der Waals surface area contributed by atoms with E-state index in [0.29, 0.717) is 11.3 Å². The van der Waals surface area contributed by atoms with E-state index in [-0.39, 0.29) is 18.7 Å². The Hall–Kier alpha value is -2.37. The standard InChI is InChI=1S/C11H12N2O4/c12-11(17)7-1-3-8(4-2-7)13-9(14)5-6-10(15)16/h1-4H,5-6H2,(H2,12,17)(H,13,14)(H,15,16). The van der Waals surface area contributed by atoms with E-state index in [0.717, 1.165) is 0 Å². The Balaban J connectivity index is 2.54. The van der Waals surface area contributed by atoms with Crippen LogP contribution in [0.4, 0.5) is 5.69 Å². The van der Waals surface area contributed by atoms with E-state index >= 15 is 0 Å². The number of carbonyl (C=O) groups excluding carboxylic acids is 2. The third-order valence-electron chi connectivity index (χ3n) is 2.02. The lowest BCUT2D eigenvalue weighted by atomic mass is 10.2. The smallest absolute Gasteiger partial charge is 0.303 e. The van der Waals surface area contributed by atoms with Crippen molar-refractivity contribution >= 4 is 23.5 Å². The first-order chi connectivity index (χ1) is 7.99. The van der Waals surface area contributed by atoms with Gasteiger partial charge in [-0.1, -0.05) is 0 Å². The molecule has 0 aliphatic carbocycles. The van der Waals surface area contributed by atoms with Crippen LogP contribution in [0.15, 0.2) is 24.3 Å². The van der Waals surface area contributed by atoms with Crippen LogP contribution in [0.25, 0.3) is 0 Å². The summed E-state index contributed by atoms with van der Waals surface area (Å²) in [4.78, 5) is 32.3. The number of primary amides is 1. The highest BCUT2D eigenvalue weighted by Gasteiger charge is 2.06. The zero-order chi connectivity index (χ0) is 12.8. The number of carbonyl (C=O) groups is 3. The topological polar surface area (TPSA) is 109 Å². The van der Waals surface area contributed by atoms with Crippen molar-refractivity contribution in [1.82, 2.24) is 0 Å². The number of hydrogen-bond acceptors (Lipinski definition) is 3. The maximum atomic E-state index is 11.3. The lowest BCUT2D eigenvalue weighted by molar-refractivity contribution is -0.138. The molecule has 2 amide bonds. The van der Waals surface area contributed by atoms with Gasteiger partial charge in [-0.3, -0.25) is 14.4 Å². The summed E-state index contributed by atoms with van der Waals surface area (Å²) in [5, 5.41) is 10.9. The Bertz CT molecular complexity index is 439.